The molecule has 1 aromatic carbocycles. The minimum Gasteiger partial charge on any atom is -0.370 e. The van der Waals surface area contributed by atoms with Crippen molar-refractivity contribution in [1.82, 2.24) is 9.97 Å². The number of hydrogen-bond acceptors (Lipinski definition) is 3. The number of benzene rings is 1. The number of aromatic nitrogens is 2. The Kier molecular flexibility index (Phi) is 2.52. The highest BCUT2D eigenvalue weighted by atomic mass is 35.5. The Labute approximate surface area is 103 Å². The third kappa shape index (κ3) is 1.69. The summed E-state index contributed by atoms with van der Waals surface area (Å²) >= 11 is 6.33. The van der Waals surface area contributed by atoms with Gasteiger partial charge in [-0.1, -0.05) is 11.6 Å². The van der Waals surface area contributed by atoms with Crippen LogP contribution in [0.25, 0.3) is 10.9 Å². The van der Waals surface area contributed by atoms with E-state index in [1.165, 1.54) is 19.2 Å². The van der Waals surface area contributed by atoms with E-state index < -0.39 is 0 Å². The third-order valence-electron chi connectivity index (χ3n) is 3.17. The lowest BCUT2D eigenvalue weighted by Crippen LogP contribution is -2.19. The van der Waals surface area contributed by atoms with Crippen LogP contribution >= 0.6 is 11.6 Å². The topological polar surface area (TPSA) is 49.0 Å². The molecule has 0 unspecified atom stereocenters. The van der Waals surface area contributed by atoms with Crippen molar-refractivity contribution < 1.29 is 0 Å². The molecular weight excluding hydrogens is 238 g/mol. The molecule has 1 aromatic heterocycles. The minimum absolute atomic E-state index is 0.180. The van der Waals surface area contributed by atoms with Crippen molar-refractivity contribution in [2.24, 2.45) is 0 Å². The molecule has 0 bridgehead atoms. The largest absolute Gasteiger partial charge is 0.370 e. The van der Waals surface area contributed by atoms with Crippen molar-refractivity contribution in [1.29, 1.82) is 0 Å². The lowest BCUT2D eigenvalue weighted by molar-refractivity contribution is 0.949. The molecule has 17 heavy (non-hydrogen) atoms. The van der Waals surface area contributed by atoms with Gasteiger partial charge in [0.25, 0.3) is 5.56 Å². The Bertz CT molecular complexity index is 617. The molecule has 88 valence electrons. The highest BCUT2D eigenvalue weighted by Crippen LogP contribution is 2.32. The zero-order chi connectivity index (χ0) is 11.8. The van der Waals surface area contributed by atoms with E-state index in [-0.39, 0.29) is 5.56 Å². The van der Waals surface area contributed by atoms with Gasteiger partial charge in [-0.2, -0.15) is 0 Å². The van der Waals surface area contributed by atoms with Crippen LogP contribution in [0.15, 0.2) is 23.3 Å². The van der Waals surface area contributed by atoms with E-state index in [4.69, 9.17) is 11.6 Å². The van der Waals surface area contributed by atoms with E-state index in [1.807, 2.05) is 12.1 Å². The summed E-state index contributed by atoms with van der Waals surface area (Å²) in [7, 11) is 0. The maximum absolute atomic E-state index is 11.8. The van der Waals surface area contributed by atoms with Gasteiger partial charge >= 0.3 is 0 Å². The number of hydrogen-bond donors (Lipinski definition) is 1. The molecule has 1 saturated heterocycles. The van der Waals surface area contributed by atoms with Crippen LogP contribution < -0.4 is 10.5 Å². The predicted molar refractivity (Wildman–Crippen MR) is 68.8 cm³/mol. The molecule has 0 spiro atoms. The fourth-order valence-corrected chi connectivity index (χ4v) is 2.68. The molecule has 0 radical (unpaired) electrons. The van der Waals surface area contributed by atoms with E-state index in [2.05, 4.69) is 14.9 Å². The molecular formula is C12H12ClN3O. The molecule has 3 rings (SSSR count). The quantitative estimate of drug-likeness (QED) is 0.843. The van der Waals surface area contributed by atoms with Crippen LogP contribution in [-0.2, 0) is 0 Å². The zero-order valence-corrected chi connectivity index (χ0v) is 10.00. The molecule has 4 nitrogen and oxygen atoms in total. The Morgan fingerprint density at radius 3 is 2.82 bits per heavy atom. The summed E-state index contributed by atoms with van der Waals surface area (Å²) in [5, 5.41) is 0.998. The fraction of sp³-hybridized carbons (Fsp3) is 0.333. The van der Waals surface area contributed by atoms with Crippen LogP contribution in [0.5, 0.6) is 0 Å². The second kappa shape index (κ2) is 4.04. The van der Waals surface area contributed by atoms with E-state index >= 15 is 0 Å². The molecule has 5 heteroatoms. The lowest BCUT2D eigenvalue weighted by Gasteiger charge is -2.19. The van der Waals surface area contributed by atoms with Gasteiger partial charge in [0.2, 0.25) is 0 Å². The third-order valence-corrected chi connectivity index (χ3v) is 3.56. The molecule has 0 saturated carbocycles. The van der Waals surface area contributed by atoms with Gasteiger partial charge < -0.3 is 9.88 Å². The predicted octanol–water partition coefficient (Wildman–Crippen LogP) is 2.18. The molecule has 0 aliphatic carbocycles. The minimum atomic E-state index is -0.180. The van der Waals surface area contributed by atoms with Crippen molar-refractivity contribution >= 4 is 28.2 Å². The van der Waals surface area contributed by atoms with Crippen LogP contribution in [0.1, 0.15) is 12.8 Å². The number of nitrogens with zero attached hydrogens (tertiary/aromatic N) is 2. The number of aromatic amines is 1. The first-order valence-corrected chi connectivity index (χ1v) is 6.06. The van der Waals surface area contributed by atoms with E-state index in [9.17, 15) is 4.79 Å². The van der Waals surface area contributed by atoms with E-state index in [1.54, 1.807) is 0 Å². The monoisotopic (exact) mass is 249 g/mol. The molecule has 1 fully saturated rings. The van der Waals surface area contributed by atoms with Crippen molar-refractivity contribution in [3.8, 4) is 0 Å². The van der Waals surface area contributed by atoms with Crippen LogP contribution in [-0.4, -0.2) is 23.1 Å². The number of nitrogens with one attached hydrogen (secondary N) is 1. The number of halogens is 1. The van der Waals surface area contributed by atoms with Gasteiger partial charge in [0.05, 0.1) is 27.9 Å². The molecule has 0 atom stereocenters. The van der Waals surface area contributed by atoms with Gasteiger partial charge in [0.1, 0.15) is 0 Å². The normalized spacial score (nSPS) is 15.7. The number of rotatable bonds is 1. The van der Waals surface area contributed by atoms with Crippen LogP contribution in [0.2, 0.25) is 5.02 Å². The average molecular weight is 250 g/mol. The lowest BCUT2D eigenvalue weighted by atomic mass is 10.2. The van der Waals surface area contributed by atoms with Crippen molar-refractivity contribution in [3.63, 3.8) is 0 Å². The first-order valence-electron chi connectivity index (χ1n) is 5.68. The van der Waals surface area contributed by atoms with Crippen LogP contribution in [0, 0.1) is 0 Å². The molecule has 1 aliphatic rings. The summed E-state index contributed by atoms with van der Waals surface area (Å²) in [6.45, 7) is 2.01. The number of fused-ring (bicyclic) bond motifs is 1. The Balaban J connectivity index is 2.24. The second-order valence-electron chi connectivity index (χ2n) is 4.22. The standard InChI is InChI=1S/C12H12ClN3O/c13-11-9(16-5-1-2-6-16)4-3-8-10(11)12(17)15-7-14-8/h3-4,7H,1-2,5-6H2,(H,14,15,17). The Morgan fingerprint density at radius 1 is 1.29 bits per heavy atom. The summed E-state index contributed by atoms with van der Waals surface area (Å²) in [4.78, 5) is 20.7. The summed E-state index contributed by atoms with van der Waals surface area (Å²) in [5.74, 6) is 0. The van der Waals surface area contributed by atoms with Crippen molar-refractivity contribution in [2.45, 2.75) is 12.8 Å². The molecule has 2 heterocycles. The molecule has 2 aromatic rings. The zero-order valence-electron chi connectivity index (χ0n) is 9.24. The number of H-pyrrole nitrogens is 1. The summed E-state index contributed by atoms with van der Waals surface area (Å²) in [5.41, 5.74) is 1.40. The van der Waals surface area contributed by atoms with Crippen molar-refractivity contribution in [2.75, 3.05) is 18.0 Å². The smallest absolute Gasteiger partial charge is 0.260 e. The second-order valence-corrected chi connectivity index (χ2v) is 4.60. The van der Waals surface area contributed by atoms with E-state index in [0.29, 0.717) is 15.9 Å². The van der Waals surface area contributed by atoms with Gasteiger partial charge in [0, 0.05) is 13.1 Å². The summed E-state index contributed by atoms with van der Waals surface area (Å²) in [6.07, 6.45) is 3.76. The fourth-order valence-electron chi connectivity index (χ4n) is 2.31. The van der Waals surface area contributed by atoms with Crippen LogP contribution in [0.3, 0.4) is 0 Å². The Hall–Kier alpha value is -1.55. The van der Waals surface area contributed by atoms with Gasteiger partial charge in [-0.15, -0.1) is 0 Å². The highest BCUT2D eigenvalue weighted by Gasteiger charge is 2.17. The molecule has 1 N–H and O–H groups in total. The maximum atomic E-state index is 11.8. The van der Waals surface area contributed by atoms with Gasteiger partial charge in [-0.3, -0.25) is 4.79 Å². The highest BCUT2D eigenvalue weighted by molar-refractivity contribution is 6.38. The van der Waals surface area contributed by atoms with Crippen LogP contribution in [0.4, 0.5) is 5.69 Å². The summed E-state index contributed by atoms with van der Waals surface area (Å²) in [6, 6.07) is 3.80. The van der Waals surface area contributed by atoms with Gasteiger partial charge in [-0.25, -0.2) is 4.98 Å². The SMILES string of the molecule is O=c1[nH]cnc2ccc(N3CCCC3)c(Cl)c12. The number of anilines is 1. The molecule has 1 aliphatic heterocycles. The first-order chi connectivity index (χ1) is 8.27. The molecule has 0 amide bonds. The van der Waals surface area contributed by atoms with Gasteiger partial charge in [-0.05, 0) is 25.0 Å². The van der Waals surface area contributed by atoms with Crippen molar-refractivity contribution in [3.05, 3.63) is 33.8 Å². The Morgan fingerprint density at radius 2 is 2.06 bits per heavy atom. The van der Waals surface area contributed by atoms with E-state index in [0.717, 1.165) is 18.8 Å². The summed E-state index contributed by atoms with van der Waals surface area (Å²) < 4.78 is 0. The first kappa shape index (κ1) is 10.6. The maximum Gasteiger partial charge on any atom is 0.260 e. The average Bonchev–Trinajstić information content (AvgIpc) is 2.83. The van der Waals surface area contributed by atoms with Gasteiger partial charge in [0.15, 0.2) is 0 Å².